The molecule has 104 valence electrons. The monoisotopic (exact) mass is 263 g/mol. The molecule has 0 saturated heterocycles. The summed E-state index contributed by atoms with van der Waals surface area (Å²) < 4.78 is 4.65. The minimum absolute atomic E-state index is 0.0121. The van der Waals surface area contributed by atoms with Crippen molar-refractivity contribution >= 4 is 11.9 Å². The van der Waals surface area contributed by atoms with E-state index in [2.05, 4.69) is 4.74 Å². The number of benzene rings is 1. The van der Waals surface area contributed by atoms with Crippen LogP contribution in [0.4, 0.5) is 0 Å². The molecule has 4 heteroatoms. The average molecular weight is 263 g/mol. The summed E-state index contributed by atoms with van der Waals surface area (Å²) in [5.41, 5.74) is 2.15. The molecule has 0 atom stereocenters. The molecule has 0 bridgehead atoms. The first-order valence-electron chi connectivity index (χ1n) is 6.35. The van der Waals surface area contributed by atoms with Gasteiger partial charge in [0, 0.05) is 12.5 Å². The molecule has 0 aliphatic heterocycles. The van der Waals surface area contributed by atoms with Crippen molar-refractivity contribution in [2.24, 2.45) is 5.92 Å². The quantitative estimate of drug-likeness (QED) is 0.765. The van der Waals surface area contributed by atoms with Gasteiger partial charge < -0.3 is 9.64 Å². The van der Waals surface area contributed by atoms with Crippen molar-refractivity contribution in [3.63, 3.8) is 0 Å². The van der Waals surface area contributed by atoms with Gasteiger partial charge in [0.05, 0.1) is 7.11 Å². The number of esters is 1. The van der Waals surface area contributed by atoms with E-state index in [-0.39, 0.29) is 18.4 Å². The number of hydrogen-bond donors (Lipinski definition) is 0. The summed E-state index contributed by atoms with van der Waals surface area (Å²) >= 11 is 0. The molecule has 0 radical (unpaired) electrons. The predicted molar refractivity (Wildman–Crippen MR) is 73.5 cm³/mol. The zero-order valence-electron chi connectivity index (χ0n) is 12.0. The van der Waals surface area contributed by atoms with Crippen molar-refractivity contribution in [2.45, 2.75) is 27.3 Å². The summed E-state index contributed by atoms with van der Waals surface area (Å²) in [4.78, 5) is 25.1. The maximum absolute atomic E-state index is 12.1. The van der Waals surface area contributed by atoms with Gasteiger partial charge in [0.25, 0.3) is 0 Å². The van der Waals surface area contributed by atoms with Gasteiger partial charge in [-0.3, -0.25) is 9.59 Å². The Morgan fingerprint density at radius 3 is 2.42 bits per heavy atom. The van der Waals surface area contributed by atoms with E-state index in [1.54, 1.807) is 4.90 Å². The van der Waals surface area contributed by atoms with Crippen molar-refractivity contribution in [1.29, 1.82) is 0 Å². The zero-order valence-corrected chi connectivity index (χ0v) is 12.0. The Hall–Kier alpha value is -1.84. The highest BCUT2D eigenvalue weighted by atomic mass is 16.5. The highest BCUT2D eigenvalue weighted by Crippen LogP contribution is 2.13. The summed E-state index contributed by atoms with van der Waals surface area (Å²) in [6, 6.07) is 7.84. The lowest BCUT2D eigenvalue weighted by Gasteiger charge is -2.24. The fourth-order valence-electron chi connectivity index (χ4n) is 1.79. The third-order valence-corrected chi connectivity index (χ3v) is 2.98. The molecule has 4 nitrogen and oxygen atoms in total. The van der Waals surface area contributed by atoms with Crippen LogP contribution in [0.3, 0.4) is 0 Å². The average Bonchev–Trinajstić information content (AvgIpc) is 2.39. The van der Waals surface area contributed by atoms with Gasteiger partial charge in [0.1, 0.15) is 6.54 Å². The Morgan fingerprint density at radius 1 is 1.26 bits per heavy atom. The number of hydrogen-bond acceptors (Lipinski definition) is 3. The van der Waals surface area contributed by atoms with Crippen LogP contribution in [0.1, 0.15) is 25.0 Å². The first-order valence-corrected chi connectivity index (χ1v) is 6.35. The summed E-state index contributed by atoms with van der Waals surface area (Å²) in [5.74, 6) is -0.593. The van der Waals surface area contributed by atoms with E-state index < -0.39 is 5.97 Å². The first kappa shape index (κ1) is 15.2. The molecule has 0 aromatic heterocycles. The molecular weight excluding hydrogens is 242 g/mol. The van der Waals surface area contributed by atoms with Crippen LogP contribution >= 0.6 is 0 Å². The first-order chi connectivity index (χ1) is 8.95. The molecule has 1 aromatic carbocycles. The SMILES string of the molecule is COC(=O)CN(Cc1ccccc1C)C(=O)C(C)C. The third-order valence-electron chi connectivity index (χ3n) is 2.98. The Bertz CT molecular complexity index is 454. The lowest BCUT2D eigenvalue weighted by atomic mass is 10.1. The van der Waals surface area contributed by atoms with Gasteiger partial charge in [-0.25, -0.2) is 0 Å². The highest BCUT2D eigenvalue weighted by molar-refractivity contribution is 5.83. The van der Waals surface area contributed by atoms with Crippen LogP contribution in [0.2, 0.25) is 0 Å². The Labute approximate surface area is 114 Å². The van der Waals surface area contributed by atoms with E-state index in [4.69, 9.17) is 0 Å². The maximum atomic E-state index is 12.1. The lowest BCUT2D eigenvalue weighted by molar-refractivity contribution is -0.148. The number of carbonyl (C=O) groups is 2. The van der Waals surface area contributed by atoms with Gasteiger partial charge >= 0.3 is 5.97 Å². The van der Waals surface area contributed by atoms with E-state index in [1.807, 2.05) is 45.0 Å². The molecule has 0 N–H and O–H groups in total. The molecular formula is C15H21NO3. The fourth-order valence-corrected chi connectivity index (χ4v) is 1.79. The third kappa shape index (κ3) is 4.39. The summed E-state index contributed by atoms with van der Waals surface area (Å²) in [6.45, 7) is 6.06. The topological polar surface area (TPSA) is 46.6 Å². The second kappa shape index (κ2) is 6.92. The molecule has 0 saturated carbocycles. The van der Waals surface area contributed by atoms with Gasteiger partial charge in [-0.05, 0) is 18.1 Å². The summed E-state index contributed by atoms with van der Waals surface area (Å²) in [5, 5.41) is 0. The lowest BCUT2D eigenvalue weighted by Crippen LogP contribution is -2.38. The number of aryl methyl sites for hydroxylation is 1. The Kier molecular flexibility index (Phi) is 5.55. The van der Waals surface area contributed by atoms with Gasteiger partial charge in [-0.15, -0.1) is 0 Å². The minimum atomic E-state index is -0.400. The van der Waals surface area contributed by atoms with Crippen LogP contribution in [-0.2, 0) is 20.9 Å². The highest BCUT2D eigenvalue weighted by Gasteiger charge is 2.20. The van der Waals surface area contributed by atoms with Crippen LogP contribution < -0.4 is 0 Å². The second-order valence-corrected chi connectivity index (χ2v) is 4.85. The van der Waals surface area contributed by atoms with Crippen LogP contribution in [0.5, 0.6) is 0 Å². The molecule has 19 heavy (non-hydrogen) atoms. The fraction of sp³-hybridized carbons (Fsp3) is 0.467. The number of amides is 1. The molecule has 1 amide bonds. The van der Waals surface area contributed by atoms with E-state index in [1.165, 1.54) is 7.11 Å². The normalized spacial score (nSPS) is 10.4. The summed E-state index contributed by atoms with van der Waals surface area (Å²) in [6.07, 6.45) is 0. The molecule has 0 aliphatic rings. The molecule has 0 unspecified atom stereocenters. The Morgan fingerprint density at radius 2 is 1.89 bits per heavy atom. The van der Waals surface area contributed by atoms with Gasteiger partial charge in [-0.2, -0.15) is 0 Å². The molecule has 0 aliphatic carbocycles. The smallest absolute Gasteiger partial charge is 0.325 e. The van der Waals surface area contributed by atoms with Crippen LogP contribution in [0.25, 0.3) is 0 Å². The zero-order chi connectivity index (χ0) is 14.4. The van der Waals surface area contributed by atoms with Crippen LogP contribution in [-0.4, -0.2) is 30.4 Å². The number of ether oxygens (including phenoxy) is 1. The standard InChI is InChI=1S/C15H21NO3/c1-11(2)15(18)16(10-14(17)19-4)9-13-8-6-5-7-12(13)3/h5-8,11H,9-10H2,1-4H3. The number of carbonyl (C=O) groups excluding carboxylic acids is 2. The molecule has 0 spiro atoms. The van der Waals surface area contributed by atoms with Gasteiger partial charge in [0.15, 0.2) is 0 Å². The Balaban J connectivity index is 2.88. The number of rotatable bonds is 5. The molecule has 1 aromatic rings. The molecule has 0 fully saturated rings. The molecule has 0 heterocycles. The minimum Gasteiger partial charge on any atom is -0.468 e. The largest absolute Gasteiger partial charge is 0.468 e. The van der Waals surface area contributed by atoms with Gasteiger partial charge in [-0.1, -0.05) is 38.1 Å². The second-order valence-electron chi connectivity index (χ2n) is 4.85. The summed E-state index contributed by atoms with van der Waals surface area (Å²) in [7, 11) is 1.33. The predicted octanol–water partition coefficient (Wildman–Crippen LogP) is 2.15. The maximum Gasteiger partial charge on any atom is 0.325 e. The van der Waals surface area contributed by atoms with E-state index in [0.29, 0.717) is 6.54 Å². The van der Waals surface area contributed by atoms with Crippen LogP contribution in [0.15, 0.2) is 24.3 Å². The van der Waals surface area contributed by atoms with Crippen molar-refractivity contribution in [3.8, 4) is 0 Å². The van der Waals surface area contributed by atoms with E-state index >= 15 is 0 Å². The van der Waals surface area contributed by atoms with Gasteiger partial charge in [0.2, 0.25) is 5.91 Å². The van der Waals surface area contributed by atoms with Crippen molar-refractivity contribution in [2.75, 3.05) is 13.7 Å². The molecule has 1 rings (SSSR count). The van der Waals surface area contributed by atoms with Crippen LogP contribution in [0, 0.1) is 12.8 Å². The van der Waals surface area contributed by atoms with Crippen molar-refractivity contribution < 1.29 is 14.3 Å². The number of methoxy groups -OCH3 is 1. The van der Waals surface area contributed by atoms with E-state index in [0.717, 1.165) is 11.1 Å². The van der Waals surface area contributed by atoms with Crippen molar-refractivity contribution in [3.05, 3.63) is 35.4 Å². The van der Waals surface area contributed by atoms with Crippen molar-refractivity contribution in [1.82, 2.24) is 4.90 Å². The van der Waals surface area contributed by atoms with E-state index in [9.17, 15) is 9.59 Å². The number of nitrogens with zero attached hydrogens (tertiary/aromatic N) is 1.